The third kappa shape index (κ3) is 2.35. The minimum atomic E-state index is 0.216. The Balaban J connectivity index is 2.06. The first kappa shape index (κ1) is 7.54. The van der Waals surface area contributed by atoms with Crippen LogP contribution in [0.3, 0.4) is 0 Å². The predicted molar refractivity (Wildman–Crippen MR) is 39.4 cm³/mol. The highest BCUT2D eigenvalue weighted by Crippen LogP contribution is 2.28. The molecule has 1 fully saturated rings. The zero-order valence-corrected chi connectivity index (χ0v) is 6.55. The molecule has 1 rings (SSSR count). The van der Waals surface area contributed by atoms with E-state index < -0.39 is 0 Å². The summed E-state index contributed by atoms with van der Waals surface area (Å²) in [6.07, 6.45) is 2.17. The van der Waals surface area contributed by atoms with Crippen LogP contribution in [0.2, 0.25) is 0 Å². The van der Waals surface area contributed by atoms with Crippen molar-refractivity contribution in [1.29, 1.82) is 0 Å². The van der Waals surface area contributed by atoms with Crippen LogP contribution in [-0.4, -0.2) is 31.6 Å². The van der Waals surface area contributed by atoms with Crippen molar-refractivity contribution in [2.75, 3.05) is 20.8 Å². The van der Waals surface area contributed by atoms with Gasteiger partial charge in [0.15, 0.2) is 0 Å². The molecule has 1 saturated carbocycles. The summed E-state index contributed by atoms with van der Waals surface area (Å²) in [4.78, 5) is 12.9. The fraction of sp³-hybridized carbons (Fsp3) is 0.857. The number of hydrogen-bond donors (Lipinski definition) is 1. The first-order valence-corrected chi connectivity index (χ1v) is 3.62. The second-order valence-electron chi connectivity index (χ2n) is 3.05. The Morgan fingerprint density at radius 3 is 2.60 bits per heavy atom. The van der Waals surface area contributed by atoms with Gasteiger partial charge in [0.25, 0.3) is 0 Å². The molecule has 0 unspecified atom stereocenters. The second kappa shape index (κ2) is 3.01. The molecule has 3 heteroatoms. The zero-order valence-electron chi connectivity index (χ0n) is 6.55. The van der Waals surface area contributed by atoms with Gasteiger partial charge in [0.05, 0.1) is 6.67 Å². The Morgan fingerprint density at radius 1 is 1.60 bits per heavy atom. The highest BCUT2D eigenvalue weighted by Gasteiger charge is 2.29. The highest BCUT2D eigenvalue weighted by atomic mass is 16.2. The van der Waals surface area contributed by atoms with E-state index in [4.69, 9.17) is 0 Å². The lowest BCUT2D eigenvalue weighted by molar-refractivity contribution is -0.122. The summed E-state index contributed by atoms with van der Waals surface area (Å²) < 4.78 is 0. The number of nitrogens with zero attached hydrogens (tertiary/aromatic N) is 1. The molecule has 0 saturated heterocycles. The van der Waals surface area contributed by atoms with E-state index in [1.807, 2.05) is 19.0 Å². The van der Waals surface area contributed by atoms with Gasteiger partial charge in [-0.1, -0.05) is 0 Å². The van der Waals surface area contributed by atoms with E-state index in [9.17, 15) is 4.79 Å². The molecule has 0 aromatic heterocycles. The summed E-state index contributed by atoms with van der Waals surface area (Å²) >= 11 is 0. The molecule has 0 bridgehead atoms. The molecule has 1 amide bonds. The molecule has 0 aliphatic heterocycles. The monoisotopic (exact) mass is 142 g/mol. The molecule has 0 spiro atoms. The van der Waals surface area contributed by atoms with Gasteiger partial charge < -0.3 is 5.32 Å². The zero-order chi connectivity index (χ0) is 7.56. The summed E-state index contributed by atoms with van der Waals surface area (Å²) in [6, 6.07) is 0. The number of hydrogen-bond acceptors (Lipinski definition) is 2. The molecule has 0 heterocycles. The van der Waals surface area contributed by atoms with E-state index >= 15 is 0 Å². The minimum Gasteiger partial charge on any atom is -0.343 e. The van der Waals surface area contributed by atoms with E-state index in [1.54, 1.807) is 0 Å². The summed E-state index contributed by atoms with van der Waals surface area (Å²) in [5.41, 5.74) is 0. The van der Waals surface area contributed by atoms with E-state index in [1.165, 1.54) is 0 Å². The van der Waals surface area contributed by atoms with Gasteiger partial charge in [0.2, 0.25) is 5.91 Å². The van der Waals surface area contributed by atoms with Crippen LogP contribution >= 0.6 is 0 Å². The van der Waals surface area contributed by atoms with Gasteiger partial charge in [-0.15, -0.1) is 0 Å². The maximum Gasteiger partial charge on any atom is 0.224 e. The van der Waals surface area contributed by atoms with Gasteiger partial charge in [-0.25, -0.2) is 0 Å². The van der Waals surface area contributed by atoms with Crippen molar-refractivity contribution in [2.24, 2.45) is 5.92 Å². The molecule has 0 aromatic rings. The van der Waals surface area contributed by atoms with Crippen molar-refractivity contribution in [3.8, 4) is 0 Å². The highest BCUT2D eigenvalue weighted by molar-refractivity contribution is 5.80. The van der Waals surface area contributed by atoms with Gasteiger partial charge in [-0.3, -0.25) is 9.69 Å². The Hall–Kier alpha value is -0.570. The van der Waals surface area contributed by atoms with Gasteiger partial charge in [0.1, 0.15) is 0 Å². The van der Waals surface area contributed by atoms with Gasteiger partial charge >= 0.3 is 0 Å². The van der Waals surface area contributed by atoms with Gasteiger partial charge in [-0.2, -0.15) is 0 Å². The molecule has 1 aliphatic rings. The molecule has 0 atom stereocenters. The summed E-state index contributed by atoms with van der Waals surface area (Å²) in [6.45, 7) is 0.662. The van der Waals surface area contributed by atoms with Crippen LogP contribution in [0.1, 0.15) is 12.8 Å². The Bertz CT molecular complexity index is 130. The number of carbonyl (C=O) groups excluding carboxylic acids is 1. The smallest absolute Gasteiger partial charge is 0.224 e. The maximum atomic E-state index is 11.0. The number of carbonyl (C=O) groups is 1. The lowest BCUT2D eigenvalue weighted by atomic mass is 10.4. The first-order valence-electron chi connectivity index (χ1n) is 3.62. The minimum absolute atomic E-state index is 0.216. The van der Waals surface area contributed by atoms with Crippen molar-refractivity contribution in [2.45, 2.75) is 12.8 Å². The van der Waals surface area contributed by atoms with E-state index in [-0.39, 0.29) is 5.91 Å². The van der Waals surface area contributed by atoms with Crippen molar-refractivity contribution in [3.63, 3.8) is 0 Å². The van der Waals surface area contributed by atoms with E-state index in [2.05, 4.69) is 5.32 Å². The Morgan fingerprint density at radius 2 is 2.20 bits per heavy atom. The predicted octanol–water partition coefficient (Wildman–Crippen LogP) is 0.0317. The molecular formula is C7H14N2O. The van der Waals surface area contributed by atoms with Crippen molar-refractivity contribution < 1.29 is 4.79 Å². The third-order valence-corrected chi connectivity index (χ3v) is 1.52. The van der Waals surface area contributed by atoms with Gasteiger partial charge in [0, 0.05) is 5.92 Å². The fourth-order valence-corrected chi connectivity index (χ4v) is 0.726. The van der Waals surface area contributed by atoms with Crippen molar-refractivity contribution >= 4 is 5.91 Å². The van der Waals surface area contributed by atoms with E-state index in [0.717, 1.165) is 12.8 Å². The van der Waals surface area contributed by atoms with Gasteiger partial charge in [-0.05, 0) is 26.9 Å². The summed E-state index contributed by atoms with van der Waals surface area (Å²) in [5, 5.41) is 2.83. The summed E-state index contributed by atoms with van der Waals surface area (Å²) in [5.74, 6) is 0.550. The van der Waals surface area contributed by atoms with Crippen molar-refractivity contribution in [1.82, 2.24) is 10.2 Å². The molecule has 10 heavy (non-hydrogen) atoms. The van der Waals surface area contributed by atoms with Crippen molar-refractivity contribution in [3.05, 3.63) is 0 Å². The average molecular weight is 142 g/mol. The van der Waals surface area contributed by atoms with Crippen LogP contribution in [0.4, 0.5) is 0 Å². The lowest BCUT2D eigenvalue weighted by Gasteiger charge is -2.09. The second-order valence-corrected chi connectivity index (χ2v) is 3.05. The topological polar surface area (TPSA) is 32.3 Å². The lowest BCUT2D eigenvalue weighted by Crippen LogP contribution is -2.33. The number of amides is 1. The Labute approximate surface area is 61.4 Å². The van der Waals surface area contributed by atoms with Crippen LogP contribution in [0.25, 0.3) is 0 Å². The number of rotatable bonds is 3. The fourth-order valence-electron chi connectivity index (χ4n) is 0.726. The van der Waals surface area contributed by atoms with E-state index in [0.29, 0.717) is 12.6 Å². The quantitative estimate of drug-likeness (QED) is 0.564. The average Bonchev–Trinajstić information content (AvgIpc) is 2.63. The largest absolute Gasteiger partial charge is 0.343 e. The normalized spacial score (nSPS) is 17.5. The molecule has 3 nitrogen and oxygen atoms in total. The van der Waals surface area contributed by atoms with Crippen LogP contribution in [-0.2, 0) is 4.79 Å². The van der Waals surface area contributed by atoms with Crippen LogP contribution in [0.15, 0.2) is 0 Å². The standard InChI is InChI=1S/C7H14N2O/c1-9(2)5-8-7(10)6-3-4-6/h6H,3-5H2,1-2H3,(H,8,10). The molecule has 0 radical (unpaired) electrons. The SMILES string of the molecule is CN(C)CNC(=O)C1CC1. The molecule has 1 aliphatic carbocycles. The van der Waals surface area contributed by atoms with Crippen LogP contribution in [0.5, 0.6) is 0 Å². The first-order chi connectivity index (χ1) is 4.70. The Kier molecular flexibility index (Phi) is 2.27. The number of nitrogens with one attached hydrogen (secondary N) is 1. The maximum absolute atomic E-state index is 11.0. The molecule has 58 valence electrons. The van der Waals surface area contributed by atoms with Crippen LogP contribution in [0, 0.1) is 5.92 Å². The summed E-state index contributed by atoms with van der Waals surface area (Å²) in [7, 11) is 3.88. The molecule has 0 aromatic carbocycles. The third-order valence-electron chi connectivity index (χ3n) is 1.52. The molecule has 1 N–H and O–H groups in total. The molecular weight excluding hydrogens is 128 g/mol. The van der Waals surface area contributed by atoms with Crippen LogP contribution < -0.4 is 5.32 Å².